The van der Waals surface area contributed by atoms with E-state index >= 15 is 0 Å². The van der Waals surface area contributed by atoms with Crippen LogP contribution in [0.1, 0.15) is 33.1 Å². The van der Waals surface area contributed by atoms with Crippen LogP contribution in [-0.4, -0.2) is 24.5 Å². The number of nitrogens with two attached hydrogens (primary N) is 1. The van der Waals surface area contributed by atoms with E-state index in [0.717, 1.165) is 18.8 Å². The molecule has 104 valence electrons. The van der Waals surface area contributed by atoms with Gasteiger partial charge in [-0.2, -0.15) is 0 Å². The maximum Gasteiger partial charge on any atom is 0.226 e. The van der Waals surface area contributed by atoms with Crippen LogP contribution in [0.2, 0.25) is 0 Å². The summed E-state index contributed by atoms with van der Waals surface area (Å²) >= 11 is 0. The Morgan fingerprint density at radius 2 is 1.84 bits per heavy atom. The minimum atomic E-state index is -0.473. The van der Waals surface area contributed by atoms with Crippen molar-refractivity contribution in [3.05, 3.63) is 24.3 Å². The van der Waals surface area contributed by atoms with E-state index in [0.29, 0.717) is 6.42 Å². The number of benzene rings is 1. The van der Waals surface area contributed by atoms with Gasteiger partial charge in [-0.05, 0) is 51.0 Å². The summed E-state index contributed by atoms with van der Waals surface area (Å²) in [6.45, 7) is 5.96. The molecule has 19 heavy (non-hydrogen) atoms. The van der Waals surface area contributed by atoms with Crippen LogP contribution < -0.4 is 16.0 Å². The van der Waals surface area contributed by atoms with Gasteiger partial charge in [0.05, 0.1) is 0 Å². The van der Waals surface area contributed by atoms with E-state index in [1.165, 1.54) is 18.5 Å². The summed E-state index contributed by atoms with van der Waals surface area (Å²) in [5.41, 5.74) is 7.42. The zero-order valence-electron chi connectivity index (χ0n) is 11.8. The molecule has 2 rings (SSSR count). The lowest BCUT2D eigenvalue weighted by Gasteiger charge is -2.19. The van der Waals surface area contributed by atoms with Crippen molar-refractivity contribution in [2.75, 3.05) is 23.3 Å². The summed E-state index contributed by atoms with van der Waals surface area (Å²) < 4.78 is 0. The SMILES string of the molecule is CC(C)(N)CC(=O)Nc1ccc(N2CCCC2)cc1. The third-order valence-corrected chi connectivity index (χ3v) is 3.24. The summed E-state index contributed by atoms with van der Waals surface area (Å²) in [4.78, 5) is 14.1. The van der Waals surface area contributed by atoms with Gasteiger partial charge in [0.15, 0.2) is 0 Å². The van der Waals surface area contributed by atoms with Crippen molar-refractivity contribution in [3.63, 3.8) is 0 Å². The number of anilines is 2. The molecule has 1 aromatic carbocycles. The summed E-state index contributed by atoms with van der Waals surface area (Å²) in [7, 11) is 0. The lowest BCUT2D eigenvalue weighted by molar-refractivity contribution is -0.117. The second-order valence-electron chi connectivity index (χ2n) is 5.95. The average Bonchev–Trinajstić information content (AvgIpc) is 2.80. The van der Waals surface area contributed by atoms with E-state index < -0.39 is 5.54 Å². The summed E-state index contributed by atoms with van der Waals surface area (Å²) in [5, 5.41) is 2.88. The standard InChI is InChI=1S/C15H23N3O/c1-15(2,16)11-14(19)17-12-5-7-13(8-6-12)18-9-3-4-10-18/h5-8H,3-4,9-11,16H2,1-2H3,(H,17,19). The smallest absolute Gasteiger partial charge is 0.226 e. The Balaban J connectivity index is 1.93. The number of amides is 1. The second kappa shape index (κ2) is 5.61. The highest BCUT2D eigenvalue weighted by Crippen LogP contribution is 2.22. The molecule has 1 aromatic rings. The van der Waals surface area contributed by atoms with E-state index in [1.807, 2.05) is 26.0 Å². The predicted octanol–water partition coefficient (Wildman–Crippen LogP) is 2.35. The van der Waals surface area contributed by atoms with E-state index in [9.17, 15) is 4.79 Å². The molecule has 1 aliphatic heterocycles. The highest BCUT2D eigenvalue weighted by atomic mass is 16.1. The molecule has 4 heteroatoms. The molecule has 1 fully saturated rings. The van der Waals surface area contributed by atoms with Crippen LogP contribution in [0.15, 0.2) is 24.3 Å². The van der Waals surface area contributed by atoms with E-state index in [-0.39, 0.29) is 5.91 Å². The number of hydrogen-bond donors (Lipinski definition) is 2. The lowest BCUT2D eigenvalue weighted by atomic mass is 10.0. The fraction of sp³-hybridized carbons (Fsp3) is 0.533. The quantitative estimate of drug-likeness (QED) is 0.874. The molecule has 1 amide bonds. The van der Waals surface area contributed by atoms with Crippen molar-refractivity contribution in [1.82, 2.24) is 0 Å². The van der Waals surface area contributed by atoms with Gasteiger partial charge in [0.1, 0.15) is 0 Å². The topological polar surface area (TPSA) is 58.4 Å². The van der Waals surface area contributed by atoms with Crippen LogP contribution in [0.3, 0.4) is 0 Å². The molecule has 0 unspecified atom stereocenters. The van der Waals surface area contributed by atoms with Crippen molar-refractivity contribution in [3.8, 4) is 0 Å². The van der Waals surface area contributed by atoms with Crippen molar-refractivity contribution < 1.29 is 4.79 Å². The van der Waals surface area contributed by atoms with Crippen molar-refractivity contribution in [1.29, 1.82) is 0 Å². The first-order valence-electron chi connectivity index (χ1n) is 6.88. The van der Waals surface area contributed by atoms with Gasteiger partial charge >= 0.3 is 0 Å². The molecule has 1 aliphatic rings. The van der Waals surface area contributed by atoms with Crippen LogP contribution in [-0.2, 0) is 4.79 Å². The summed E-state index contributed by atoms with van der Waals surface area (Å²) in [6.07, 6.45) is 2.86. The average molecular weight is 261 g/mol. The van der Waals surface area contributed by atoms with Crippen molar-refractivity contribution >= 4 is 17.3 Å². The first-order chi connectivity index (χ1) is 8.94. The molecule has 0 spiro atoms. The number of carbonyl (C=O) groups excluding carboxylic acids is 1. The third-order valence-electron chi connectivity index (χ3n) is 3.24. The molecule has 1 saturated heterocycles. The Morgan fingerprint density at radius 1 is 1.26 bits per heavy atom. The van der Waals surface area contributed by atoms with Gasteiger partial charge in [-0.15, -0.1) is 0 Å². The molecule has 3 N–H and O–H groups in total. The van der Waals surface area contributed by atoms with Gasteiger partial charge in [0, 0.05) is 36.4 Å². The van der Waals surface area contributed by atoms with Crippen LogP contribution in [0.4, 0.5) is 11.4 Å². The third kappa shape index (κ3) is 4.24. The highest BCUT2D eigenvalue weighted by molar-refractivity contribution is 5.91. The van der Waals surface area contributed by atoms with Gasteiger partial charge in [-0.1, -0.05) is 0 Å². The van der Waals surface area contributed by atoms with Crippen LogP contribution in [0, 0.1) is 0 Å². The molecular weight excluding hydrogens is 238 g/mol. The molecule has 4 nitrogen and oxygen atoms in total. The zero-order chi connectivity index (χ0) is 13.9. The summed E-state index contributed by atoms with van der Waals surface area (Å²) in [6, 6.07) is 8.03. The summed E-state index contributed by atoms with van der Waals surface area (Å²) in [5.74, 6) is -0.0403. The molecule has 0 radical (unpaired) electrons. The van der Waals surface area contributed by atoms with Gasteiger partial charge in [0.25, 0.3) is 0 Å². The first-order valence-corrected chi connectivity index (χ1v) is 6.88. The Bertz CT molecular complexity index is 428. The predicted molar refractivity (Wildman–Crippen MR) is 79.4 cm³/mol. The first kappa shape index (κ1) is 13.9. The number of nitrogens with one attached hydrogen (secondary N) is 1. The van der Waals surface area contributed by atoms with Gasteiger partial charge in [-0.25, -0.2) is 0 Å². The Hall–Kier alpha value is -1.55. The van der Waals surface area contributed by atoms with Gasteiger partial charge in [0.2, 0.25) is 5.91 Å². The Morgan fingerprint density at radius 3 is 2.37 bits per heavy atom. The molecule has 0 aliphatic carbocycles. The second-order valence-corrected chi connectivity index (χ2v) is 5.95. The maximum atomic E-state index is 11.8. The largest absolute Gasteiger partial charge is 0.372 e. The van der Waals surface area contributed by atoms with Gasteiger partial charge < -0.3 is 16.0 Å². The normalized spacial score (nSPS) is 15.6. The molecule has 0 bridgehead atoms. The minimum Gasteiger partial charge on any atom is -0.372 e. The van der Waals surface area contributed by atoms with E-state index in [4.69, 9.17) is 5.73 Å². The van der Waals surface area contributed by atoms with Crippen molar-refractivity contribution in [2.24, 2.45) is 5.73 Å². The Labute approximate surface area is 115 Å². The van der Waals surface area contributed by atoms with E-state index in [1.54, 1.807) is 0 Å². The fourth-order valence-electron chi connectivity index (χ4n) is 2.35. The zero-order valence-corrected chi connectivity index (χ0v) is 11.8. The highest BCUT2D eigenvalue weighted by Gasteiger charge is 2.16. The molecule has 0 saturated carbocycles. The monoisotopic (exact) mass is 261 g/mol. The Kier molecular flexibility index (Phi) is 4.10. The lowest BCUT2D eigenvalue weighted by Crippen LogP contribution is -2.36. The van der Waals surface area contributed by atoms with Crippen molar-refractivity contribution in [2.45, 2.75) is 38.6 Å². The van der Waals surface area contributed by atoms with Gasteiger partial charge in [-0.3, -0.25) is 4.79 Å². The van der Waals surface area contributed by atoms with Crippen LogP contribution in [0.5, 0.6) is 0 Å². The van der Waals surface area contributed by atoms with Crippen LogP contribution >= 0.6 is 0 Å². The molecule has 1 heterocycles. The minimum absolute atomic E-state index is 0.0403. The molecular formula is C15H23N3O. The fourth-order valence-corrected chi connectivity index (χ4v) is 2.35. The van der Waals surface area contributed by atoms with E-state index in [2.05, 4.69) is 22.3 Å². The number of rotatable bonds is 4. The number of nitrogens with zero attached hydrogens (tertiary/aromatic N) is 1. The molecule has 0 atom stereocenters. The van der Waals surface area contributed by atoms with Crippen LogP contribution in [0.25, 0.3) is 0 Å². The number of carbonyl (C=O) groups is 1. The number of hydrogen-bond acceptors (Lipinski definition) is 3. The molecule has 0 aromatic heterocycles. The maximum absolute atomic E-state index is 11.8.